The molecule has 3 rings (SSSR count). The van der Waals surface area contributed by atoms with Gasteiger partial charge in [0.2, 0.25) is 0 Å². The van der Waals surface area contributed by atoms with Crippen LogP contribution >= 0.6 is 0 Å². The molecule has 7 nitrogen and oxygen atoms in total. The molecule has 156 valence electrons. The maximum absolute atomic E-state index is 12.7. The molecule has 0 saturated carbocycles. The zero-order valence-electron chi connectivity index (χ0n) is 15.0. The predicted octanol–water partition coefficient (Wildman–Crippen LogP) is 3.07. The van der Waals surface area contributed by atoms with Crippen molar-refractivity contribution in [1.82, 2.24) is 34.7 Å². The summed E-state index contributed by atoms with van der Waals surface area (Å²) < 4.78 is 78.2. The van der Waals surface area contributed by atoms with E-state index in [1.807, 2.05) is 0 Å². The van der Waals surface area contributed by atoms with E-state index >= 15 is 0 Å². The molecule has 29 heavy (non-hydrogen) atoms. The second-order valence-electron chi connectivity index (χ2n) is 6.31. The van der Waals surface area contributed by atoms with Crippen LogP contribution in [0.1, 0.15) is 17.2 Å². The molecule has 1 aromatic carbocycles. The highest BCUT2D eigenvalue weighted by molar-refractivity contribution is 5.35. The second kappa shape index (κ2) is 7.81. The Hall–Kier alpha value is -2.96. The minimum Gasteiger partial charge on any atom is -0.325 e. The fourth-order valence-corrected chi connectivity index (χ4v) is 2.66. The van der Waals surface area contributed by atoms with Gasteiger partial charge in [-0.25, -0.2) is 4.98 Å². The average molecular weight is 419 g/mol. The zero-order valence-corrected chi connectivity index (χ0v) is 15.0. The Bertz CT molecular complexity index is 942. The molecule has 0 amide bonds. The molecule has 0 fully saturated rings. The van der Waals surface area contributed by atoms with Crippen molar-refractivity contribution in [2.75, 3.05) is 7.05 Å². The van der Waals surface area contributed by atoms with Gasteiger partial charge < -0.3 is 4.57 Å². The summed E-state index contributed by atoms with van der Waals surface area (Å²) in [5.41, 5.74) is -0.477. The third-order valence-corrected chi connectivity index (χ3v) is 3.95. The first kappa shape index (κ1) is 20.8. The molecule has 0 bridgehead atoms. The molecule has 0 aliphatic heterocycles. The van der Waals surface area contributed by atoms with E-state index in [4.69, 9.17) is 0 Å². The summed E-state index contributed by atoms with van der Waals surface area (Å²) in [6.07, 6.45) is -6.31. The largest absolute Gasteiger partial charge is 0.416 e. The Labute approximate surface area is 160 Å². The smallest absolute Gasteiger partial charge is 0.325 e. The van der Waals surface area contributed by atoms with Crippen LogP contribution in [0.15, 0.2) is 36.7 Å². The van der Waals surface area contributed by atoms with Gasteiger partial charge in [-0.15, -0.1) is 5.10 Å². The Kier molecular flexibility index (Phi) is 5.59. The van der Waals surface area contributed by atoms with E-state index in [0.29, 0.717) is 11.5 Å². The average Bonchev–Trinajstić information content (AvgIpc) is 3.22. The number of benzene rings is 1. The van der Waals surface area contributed by atoms with Crippen molar-refractivity contribution in [3.8, 4) is 5.69 Å². The molecule has 0 spiro atoms. The van der Waals surface area contributed by atoms with Gasteiger partial charge in [0, 0.05) is 12.4 Å². The lowest BCUT2D eigenvalue weighted by molar-refractivity contribution is -0.141. The van der Waals surface area contributed by atoms with Crippen molar-refractivity contribution in [3.63, 3.8) is 0 Å². The van der Waals surface area contributed by atoms with Crippen molar-refractivity contribution >= 4 is 0 Å². The van der Waals surface area contributed by atoms with Crippen molar-refractivity contribution in [2.45, 2.75) is 32.0 Å². The normalized spacial score (nSPS) is 12.7. The van der Waals surface area contributed by atoms with E-state index in [1.165, 1.54) is 29.2 Å². The van der Waals surface area contributed by atoms with Crippen LogP contribution in [0.3, 0.4) is 0 Å². The summed E-state index contributed by atoms with van der Waals surface area (Å²) in [6.45, 7) is -0.935. The first-order chi connectivity index (χ1) is 13.5. The number of rotatable bonds is 6. The molecule has 0 aliphatic rings. The molecule has 13 heteroatoms. The number of aromatic nitrogens is 6. The van der Waals surface area contributed by atoms with Crippen LogP contribution in [-0.2, 0) is 25.8 Å². The first-order valence-corrected chi connectivity index (χ1v) is 8.23. The molecular formula is C16H15F6N7. The molecule has 2 heterocycles. The number of halogens is 6. The number of nitrogens with zero attached hydrogens (tertiary/aromatic N) is 7. The van der Waals surface area contributed by atoms with Crippen LogP contribution in [-0.4, -0.2) is 47.9 Å². The van der Waals surface area contributed by atoms with Crippen molar-refractivity contribution in [3.05, 3.63) is 53.9 Å². The van der Waals surface area contributed by atoms with E-state index in [9.17, 15) is 26.3 Å². The third kappa shape index (κ3) is 5.31. The van der Waals surface area contributed by atoms with Crippen LogP contribution in [0.2, 0.25) is 0 Å². The third-order valence-electron chi connectivity index (χ3n) is 3.95. The number of tetrazole rings is 1. The summed E-state index contributed by atoms with van der Waals surface area (Å²) >= 11 is 0. The maximum atomic E-state index is 12.7. The molecule has 0 aliphatic carbocycles. The number of hydrogen-bond acceptors (Lipinski definition) is 5. The quantitative estimate of drug-likeness (QED) is 0.575. The van der Waals surface area contributed by atoms with Crippen molar-refractivity contribution in [1.29, 1.82) is 0 Å². The highest BCUT2D eigenvalue weighted by atomic mass is 19.4. The SMILES string of the molecule is CN(Cc1nccn1CC(F)(F)F)Cc1nnnn1-c1ccc(C(F)(F)F)cc1. The summed E-state index contributed by atoms with van der Waals surface area (Å²) in [6, 6.07) is 4.30. The topological polar surface area (TPSA) is 64.7 Å². The monoisotopic (exact) mass is 419 g/mol. The lowest BCUT2D eigenvalue weighted by Crippen LogP contribution is -2.25. The van der Waals surface area contributed by atoms with E-state index in [2.05, 4.69) is 20.5 Å². The summed E-state index contributed by atoms with van der Waals surface area (Å²) in [7, 11) is 1.64. The van der Waals surface area contributed by atoms with Crippen LogP contribution in [0.25, 0.3) is 5.69 Å². The van der Waals surface area contributed by atoms with Gasteiger partial charge in [0.05, 0.1) is 24.3 Å². The van der Waals surface area contributed by atoms with Crippen LogP contribution in [0, 0.1) is 0 Å². The Morgan fingerprint density at radius 3 is 2.24 bits per heavy atom. The number of imidazole rings is 1. The van der Waals surface area contributed by atoms with Crippen LogP contribution in [0.4, 0.5) is 26.3 Å². The minimum atomic E-state index is -4.46. The van der Waals surface area contributed by atoms with Gasteiger partial charge in [-0.1, -0.05) is 0 Å². The fourth-order valence-electron chi connectivity index (χ4n) is 2.66. The van der Waals surface area contributed by atoms with Gasteiger partial charge in [0.1, 0.15) is 12.4 Å². The predicted molar refractivity (Wildman–Crippen MR) is 87.6 cm³/mol. The Morgan fingerprint density at radius 1 is 0.966 bits per heavy atom. The standard InChI is InChI=1S/C16H15F6N7/c1-27(8-13-23-6-7-28(13)10-15(17,18)19)9-14-24-25-26-29(14)12-4-2-11(3-5-12)16(20,21)22/h2-7H,8-10H2,1H3. The van der Waals surface area contributed by atoms with Crippen molar-refractivity contribution < 1.29 is 26.3 Å². The molecule has 3 aromatic rings. The van der Waals surface area contributed by atoms with Gasteiger partial charge in [-0.2, -0.15) is 31.0 Å². The van der Waals surface area contributed by atoms with E-state index < -0.39 is 24.5 Å². The molecule has 0 saturated heterocycles. The lowest BCUT2D eigenvalue weighted by atomic mass is 10.2. The summed E-state index contributed by atoms with van der Waals surface area (Å²) in [5, 5.41) is 11.1. The van der Waals surface area contributed by atoms with Gasteiger partial charge in [0.25, 0.3) is 0 Å². The fraction of sp³-hybridized carbons (Fsp3) is 0.375. The van der Waals surface area contributed by atoms with Crippen molar-refractivity contribution in [2.24, 2.45) is 0 Å². The molecule has 0 N–H and O–H groups in total. The highest BCUT2D eigenvalue weighted by Crippen LogP contribution is 2.29. The molecule has 0 radical (unpaired) electrons. The van der Waals surface area contributed by atoms with Gasteiger partial charge in [-0.05, 0) is 41.7 Å². The zero-order chi connectivity index (χ0) is 21.2. The van der Waals surface area contributed by atoms with Crippen LogP contribution < -0.4 is 0 Å². The van der Waals surface area contributed by atoms with E-state index in [1.54, 1.807) is 11.9 Å². The van der Waals surface area contributed by atoms with E-state index in [-0.39, 0.29) is 18.9 Å². The molecule has 0 unspecified atom stereocenters. The minimum absolute atomic E-state index is 0.0863. The highest BCUT2D eigenvalue weighted by Gasteiger charge is 2.30. The Balaban J connectivity index is 1.71. The van der Waals surface area contributed by atoms with E-state index in [0.717, 1.165) is 16.7 Å². The summed E-state index contributed by atoms with van der Waals surface area (Å²) in [5.74, 6) is 0.513. The van der Waals surface area contributed by atoms with Gasteiger partial charge >= 0.3 is 12.4 Å². The Morgan fingerprint density at radius 2 is 1.62 bits per heavy atom. The number of hydrogen-bond donors (Lipinski definition) is 0. The summed E-state index contributed by atoms with van der Waals surface area (Å²) in [4.78, 5) is 5.58. The second-order valence-corrected chi connectivity index (χ2v) is 6.31. The van der Waals surface area contributed by atoms with Gasteiger partial charge in [0.15, 0.2) is 5.82 Å². The molecule has 0 atom stereocenters. The number of alkyl halides is 6. The first-order valence-electron chi connectivity index (χ1n) is 8.23. The van der Waals surface area contributed by atoms with Crippen LogP contribution in [0.5, 0.6) is 0 Å². The lowest BCUT2D eigenvalue weighted by Gasteiger charge is -2.17. The van der Waals surface area contributed by atoms with Gasteiger partial charge in [-0.3, -0.25) is 4.90 Å². The maximum Gasteiger partial charge on any atom is 0.416 e. The molecular weight excluding hydrogens is 404 g/mol. The molecule has 2 aromatic heterocycles.